The van der Waals surface area contributed by atoms with Gasteiger partial charge in [0.2, 0.25) is 17.7 Å². The van der Waals surface area contributed by atoms with Gasteiger partial charge >= 0.3 is 0 Å². The van der Waals surface area contributed by atoms with Crippen molar-refractivity contribution in [3.8, 4) is 0 Å². The van der Waals surface area contributed by atoms with E-state index in [1.54, 1.807) is 6.92 Å². The van der Waals surface area contributed by atoms with E-state index >= 15 is 0 Å². The molecule has 0 unspecified atom stereocenters. The van der Waals surface area contributed by atoms with Gasteiger partial charge in [-0.25, -0.2) is 0 Å². The number of hydrogen-bond donors (Lipinski definition) is 1. The summed E-state index contributed by atoms with van der Waals surface area (Å²) >= 11 is 0. The van der Waals surface area contributed by atoms with Crippen LogP contribution in [-0.2, 0) is 14.4 Å². The Balaban J connectivity index is 1.24. The summed E-state index contributed by atoms with van der Waals surface area (Å²) in [6.07, 6.45) is 13.1. The molecule has 5 nitrogen and oxygen atoms in total. The Labute approximate surface area is 160 Å². The van der Waals surface area contributed by atoms with E-state index in [4.69, 9.17) is 0 Å². The van der Waals surface area contributed by atoms with E-state index in [1.807, 2.05) is 12.2 Å². The van der Waals surface area contributed by atoms with Gasteiger partial charge in [0.25, 0.3) is 0 Å². The molecule has 27 heavy (non-hydrogen) atoms. The Morgan fingerprint density at radius 2 is 1.52 bits per heavy atom. The number of allylic oxidation sites excluding steroid dienone is 2. The molecule has 3 amide bonds. The monoisotopic (exact) mass is 370 g/mol. The highest BCUT2D eigenvalue weighted by atomic mass is 16.2. The molecule has 5 fully saturated rings. The van der Waals surface area contributed by atoms with Crippen LogP contribution in [-0.4, -0.2) is 35.2 Å². The van der Waals surface area contributed by atoms with Crippen molar-refractivity contribution >= 4 is 17.7 Å². The maximum absolute atomic E-state index is 12.8. The van der Waals surface area contributed by atoms with Crippen molar-refractivity contribution in [1.29, 1.82) is 0 Å². The van der Waals surface area contributed by atoms with Crippen LogP contribution in [0.5, 0.6) is 0 Å². The average molecular weight is 370 g/mol. The van der Waals surface area contributed by atoms with Gasteiger partial charge in [0, 0.05) is 6.54 Å². The van der Waals surface area contributed by atoms with Crippen LogP contribution in [0, 0.1) is 35.0 Å². The van der Waals surface area contributed by atoms with Crippen LogP contribution in [0.25, 0.3) is 0 Å². The Morgan fingerprint density at radius 3 is 2.00 bits per heavy atom. The van der Waals surface area contributed by atoms with E-state index in [1.165, 1.54) is 43.4 Å². The van der Waals surface area contributed by atoms with Crippen molar-refractivity contribution in [3.63, 3.8) is 0 Å². The zero-order valence-electron chi connectivity index (χ0n) is 16.2. The molecule has 6 aliphatic rings. The van der Waals surface area contributed by atoms with Crippen molar-refractivity contribution in [1.82, 2.24) is 10.2 Å². The van der Waals surface area contributed by atoms with Gasteiger partial charge in [-0.1, -0.05) is 12.2 Å². The second kappa shape index (κ2) is 6.18. The fourth-order valence-corrected chi connectivity index (χ4v) is 7.25. The second-order valence-corrected chi connectivity index (χ2v) is 10.0. The second-order valence-electron chi connectivity index (χ2n) is 10.0. The van der Waals surface area contributed by atoms with Crippen LogP contribution < -0.4 is 5.32 Å². The Hall–Kier alpha value is -1.65. The lowest BCUT2D eigenvalue weighted by Crippen LogP contribution is -2.54. The molecule has 4 saturated carbocycles. The summed E-state index contributed by atoms with van der Waals surface area (Å²) in [6, 6.07) is -0.704. The van der Waals surface area contributed by atoms with E-state index in [2.05, 4.69) is 5.32 Å². The van der Waals surface area contributed by atoms with Crippen LogP contribution in [0.15, 0.2) is 12.2 Å². The van der Waals surface area contributed by atoms with Crippen molar-refractivity contribution in [2.24, 2.45) is 35.0 Å². The zero-order chi connectivity index (χ0) is 18.8. The largest absolute Gasteiger partial charge is 0.354 e. The molecule has 0 aromatic heterocycles. The number of nitrogens with zero attached hydrogens (tertiary/aromatic N) is 1. The van der Waals surface area contributed by atoms with Crippen molar-refractivity contribution in [2.75, 3.05) is 6.54 Å². The Morgan fingerprint density at radius 1 is 1.04 bits per heavy atom. The molecule has 146 valence electrons. The number of likely N-dealkylation sites (tertiary alicyclic amines) is 1. The highest BCUT2D eigenvalue weighted by molar-refractivity contribution is 6.08. The lowest BCUT2D eigenvalue weighted by Gasteiger charge is -2.57. The Bertz CT molecular complexity index is 651. The molecule has 5 heteroatoms. The van der Waals surface area contributed by atoms with Gasteiger partial charge in [-0.05, 0) is 81.5 Å². The summed E-state index contributed by atoms with van der Waals surface area (Å²) < 4.78 is 0. The summed E-state index contributed by atoms with van der Waals surface area (Å²) in [6.45, 7) is 2.42. The summed E-state index contributed by atoms with van der Waals surface area (Å²) in [5.41, 5.74) is 0.265. The lowest BCUT2D eigenvalue weighted by molar-refractivity contribution is -0.147. The predicted molar refractivity (Wildman–Crippen MR) is 100 cm³/mol. The minimum Gasteiger partial charge on any atom is -0.354 e. The quantitative estimate of drug-likeness (QED) is 0.611. The molecule has 1 saturated heterocycles. The molecule has 1 aliphatic heterocycles. The fourth-order valence-electron chi connectivity index (χ4n) is 7.25. The smallest absolute Gasteiger partial charge is 0.243 e. The van der Waals surface area contributed by atoms with Crippen LogP contribution in [0.4, 0.5) is 0 Å². The lowest BCUT2D eigenvalue weighted by atomic mass is 9.49. The number of nitrogens with one attached hydrogen (secondary N) is 1. The third kappa shape index (κ3) is 2.76. The SMILES string of the molecule is C[C@@H](C(=O)NCC12CC3CC(CC(C3)C1)C2)N1C(=O)[C@H]2CC=CC[C@H]2C1=O. The third-order valence-corrected chi connectivity index (χ3v) is 8.11. The van der Waals surface area contributed by atoms with Crippen molar-refractivity contribution < 1.29 is 14.4 Å². The standard InChI is InChI=1S/C22H30N2O3/c1-13(24-20(26)17-4-2-3-5-18(17)21(24)27)19(25)23-12-22-9-14-6-15(10-22)8-16(7-14)11-22/h2-3,13-18H,4-12H2,1H3,(H,23,25)/t13-,14?,15?,16?,17-,18+,22?/m0/s1. The maximum Gasteiger partial charge on any atom is 0.243 e. The summed E-state index contributed by atoms with van der Waals surface area (Å²) in [5.74, 6) is 1.54. The first-order chi connectivity index (χ1) is 13.0. The average Bonchev–Trinajstić information content (AvgIpc) is 2.89. The van der Waals surface area contributed by atoms with Gasteiger partial charge in [-0.3, -0.25) is 19.3 Å². The molecule has 1 heterocycles. The van der Waals surface area contributed by atoms with Crippen molar-refractivity contribution in [3.05, 3.63) is 12.2 Å². The van der Waals surface area contributed by atoms with Gasteiger partial charge in [0.05, 0.1) is 11.8 Å². The number of fused-ring (bicyclic) bond motifs is 1. The van der Waals surface area contributed by atoms with Gasteiger partial charge in [0.15, 0.2) is 0 Å². The number of imide groups is 1. The first kappa shape index (κ1) is 17.4. The van der Waals surface area contributed by atoms with Crippen LogP contribution in [0.3, 0.4) is 0 Å². The van der Waals surface area contributed by atoms with E-state index in [0.29, 0.717) is 19.4 Å². The van der Waals surface area contributed by atoms with Gasteiger partial charge in [0.1, 0.15) is 6.04 Å². The first-order valence-corrected chi connectivity index (χ1v) is 10.8. The molecule has 1 N–H and O–H groups in total. The predicted octanol–water partition coefficient (Wildman–Crippen LogP) is 2.66. The normalized spacial score (nSPS) is 43.1. The first-order valence-electron chi connectivity index (χ1n) is 10.8. The van der Waals surface area contributed by atoms with Gasteiger partial charge < -0.3 is 5.32 Å². The molecular formula is C22H30N2O3. The van der Waals surface area contributed by atoms with Crippen LogP contribution >= 0.6 is 0 Å². The molecule has 5 aliphatic carbocycles. The van der Waals surface area contributed by atoms with E-state index in [9.17, 15) is 14.4 Å². The molecule has 6 rings (SSSR count). The van der Waals surface area contributed by atoms with Crippen molar-refractivity contribution in [2.45, 2.75) is 64.3 Å². The van der Waals surface area contributed by atoms with E-state index in [0.717, 1.165) is 17.8 Å². The highest BCUT2D eigenvalue weighted by Crippen LogP contribution is 2.59. The summed E-state index contributed by atoms with van der Waals surface area (Å²) in [5, 5.41) is 3.14. The topological polar surface area (TPSA) is 66.5 Å². The number of hydrogen-bond acceptors (Lipinski definition) is 3. The fraction of sp³-hybridized carbons (Fsp3) is 0.773. The Kier molecular flexibility index (Phi) is 3.99. The molecular weight excluding hydrogens is 340 g/mol. The third-order valence-electron chi connectivity index (χ3n) is 8.11. The van der Waals surface area contributed by atoms with Gasteiger partial charge in [-0.2, -0.15) is 0 Å². The molecule has 0 spiro atoms. The number of rotatable bonds is 4. The van der Waals surface area contributed by atoms with Gasteiger partial charge in [-0.15, -0.1) is 0 Å². The maximum atomic E-state index is 12.8. The highest BCUT2D eigenvalue weighted by Gasteiger charge is 2.52. The molecule has 0 aromatic carbocycles. The molecule has 4 bridgehead atoms. The number of carbonyl (C=O) groups is 3. The molecule has 0 aromatic rings. The summed E-state index contributed by atoms with van der Waals surface area (Å²) in [4.78, 5) is 39.5. The molecule has 3 atom stereocenters. The summed E-state index contributed by atoms with van der Waals surface area (Å²) in [7, 11) is 0. The van der Waals surface area contributed by atoms with Crippen LogP contribution in [0.1, 0.15) is 58.3 Å². The molecule has 0 radical (unpaired) electrons. The number of carbonyl (C=O) groups excluding carboxylic acids is 3. The minimum atomic E-state index is -0.704. The number of amides is 3. The van der Waals surface area contributed by atoms with E-state index < -0.39 is 6.04 Å². The van der Waals surface area contributed by atoms with E-state index in [-0.39, 0.29) is 35.0 Å². The minimum absolute atomic E-state index is 0.160. The van der Waals surface area contributed by atoms with Crippen LogP contribution in [0.2, 0.25) is 0 Å². The zero-order valence-corrected chi connectivity index (χ0v) is 16.2.